The minimum Gasteiger partial charge on any atom is -0.354 e. The van der Waals surface area contributed by atoms with E-state index in [1.807, 2.05) is 20.8 Å². The van der Waals surface area contributed by atoms with Crippen LogP contribution in [0.4, 0.5) is 0 Å². The Kier molecular flexibility index (Phi) is 6.17. The van der Waals surface area contributed by atoms with Crippen LogP contribution in [0.3, 0.4) is 0 Å². The van der Waals surface area contributed by atoms with E-state index >= 15 is 0 Å². The largest absolute Gasteiger partial charge is 0.354 e. The number of amides is 1. The Morgan fingerprint density at radius 2 is 2.07 bits per heavy atom. The van der Waals surface area contributed by atoms with E-state index in [0.29, 0.717) is 12.6 Å². The molecule has 0 saturated carbocycles. The molecule has 4 nitrogen and oxygen atoms in total. The Bertz CT molecular complexity index is 197. The lowest BCUT2D eigenvalue weighted by atomic mass is 9.95. The monoisotopic (exact) mass is 235 g/mol. The second-order valence-electron chi connectivity index (χ2n) is 4.82. The number of hydrogen-bond donors (Lipinski definition) is 3. The molecule has 5 heteroatoms. The molecule has 15 heavy (non-hydrogen) atoms. The first-order chi connectivity index (χ1) is 6.50. The predicted octanol–water partition coefficient (Wildman–Crippen LogP) is 0.132. The third kappa shape index (κ3) is 5.35. The molecule has 3 N–H and O–H groups in total. The van der Waals surface area contributed by atoms with Gasteiger partial charge in [-0.05, 0) is 0 Å². The molecule has 1 amide bonds. The van der Waals surface area contributed by atoms with Crippen molar-refractivity contribution in [2.24, 2.45) is 5.41 Å². The van der Waals surface area contributed by atoms with Crippen molar-refractivity contribution in [3.63, 3.8) is 0 Å². The van der Waals surface area contributed by atoms with Gasteiger partial charge >= 0.3 is 0 Å². The number of hydrogen-bond acceptors (Lipinski definition) is 3. The van der Waals surface area contributed by atoms with Crippen molar-refractivity contribution in [2.45, 2.75) is 26.8 Å². The highest BCUT2D eigenvalue weighted by molar-refractivity contribution is 5.85. The summed E-state index contributed by atoms with van der Waals surface area (Å²) in [6.07, 6.45) is 0. The molecule has 1 rings (SSSR count). The van der Waals surface area contributed by atoms with Crippen molar-refractivity contribution in [3.8, 4) is 0 Å². The molecule has 1 aliphatic rings. The molecular weight excluding hydrogens is 214 g/mol. The first-order valence-electron chi connectivity index (χ1n) is 5.22. The lowest BCUT2D eigenvalue weighted by molar-refractivity contribution is -0.128. The van der Waals surface area contributed by atoms with Crippen molar-refractivity contribution < 1.29 is 4.79 Å². The van der Waals surface area contributed by atoms with E-state index in [2.05, 4.69) is 16.0 Å². The van der Waals surface area contributed by atoms with Gasteiger partial charge in [0.15, 0.2) is 0 Å². The van der Waals surface area contributed by atoms with E-state index in [9.17, 15) is 4.79 Å². The van der Waals surface area contributed by atoms with Gasteiger partial charge in [0.1, 0.15) is 0 Å². The fourth-order valence-electron chi connectivity index (χ4n) is 1.34. The van der Waals surface area contributed by atoms with Gasteiger partial charge in [-0.15, -0.1) is 12.4 Å². The zero-order valence-electron chi connectivity index (χ0n) is 9.72. The zero-order chi connectivity index (χ0) is 10.6. The minimum absolute atomic E-state index is 0. The fourth-order valence-corrected chi connectivity index (χ4v) is 1.34. The smallest absolute Gasteiger partial charge is 0.225 e. The molecule has 1 aliphatic heterocycles. The molecular formula is C10H22ClN3O. The fraction of sp³-hybridized carbons (Fsp3) is 0.900. The number of carbonyl (C=O) groups excluding carboxylic acids is 1. The third-order valence-corrected chi connectivity index (χ3v) is 2.32. The zero-order valence-corrected chi connectivity index (χ0v) is 10.5. The molecule has 0 aromatic rings. The maximum atomic E-state index is 11.5. The summed E-state index contributed by atoms with van der Waals surface area (Å²) in [4.78, 5) is 11.5. The van der Waals surface area contributed by atoms with E-state index in [-0.39, 0.29) is 23.7 Å². The number of carbonyl (C=O) groups is 1. The summed E-state index contributed by atoms with van der Waals surface area (Å²) < 4.78 is 0. The first kappa shape index (κ1) is 14.7. The van der Waals surface area contributed by atoms with Crippen molar-refractivity contribution in [1.29, 1.82) is 0 Å². The molecule has 0 bridgehead atoms. The van der Waals surface area contributed by atoms with Gasteiger partial charge in [-0.1, -0.05) is 20.8 Å². The normalized spacial score (nSPS) is 21.7. The van der Waals surface area contributed by atoms with E-state index < -0.39 is 0 Å². The highest BCUT2D eigenvalue weighted by Gasteiger charge is 2.22. The summed E-state index contributed by atoms with van der Waals surface area (Å²) in [5.41, 5.74) is -0.290. The summed E-state index contributed by atoms with van der Waals surface area (Å²) in [5, 5.41) is 9.58. The van der Waals surface area contributed by atoms with Crippen LogP contribution < -0.4 is 16.0 Å². The summed E-state index contributed by atoms with van der Waals surface area (Å²) in [6, 6.07) is 0.370. The highest BCUT2D eigenvalue weighted by atomic mass is 35.5. The van der Waals surface area contributed by atoms with E-state index in [1.54, 1.807) is 0 Å². The Labute approximate surface area is 98.0 Å². The molecule has 1 saturated heterocycles. The second-order valence-corrected chi connectivity index (χ2v) is 4.82. The van der Waals surface area contributed by atoms with Crippen LogP contribution in [0.1, 0.15) is 20.8 Å². The SMILES string of the molecule is CC(C)(C)C(=O)NCC1CNCCN1.Cl. The molecule has 1 heterocycles. The van der Waals surface area contributed by atoms with Gasteiger partial charge in [0, 0.05) is 37.6 Å². The molecule has 0 aliphatic carbocycles. The highest BCUT2D eigenvalue weighted by Crippen LogP contribution is 2.12. The molecule has 1 atom stereocenters. The van der Waals surface area contributed by atoms with E-state index in [0.717, 1.165) is 19.6 Å². The van der Waals surface area contributed by atoms with Crippen molar-refractivity contribution in [2.75, 3.05) is 26.2 Å². The Balaban J connectivity index is 0.00000196. The topological polar surface area (TPSA) is 53.2 Å². The maximum absolute atomic E-state index is 11.5. The maximum Gasteiger partial charge on any atom is 0.225 e. The van der Waals surface area contributed by atoms with Crippen LogP contribution in [0, 0.1) is 5.41 Å². The van der Waals surface area contributed by atoms with Crippen LogP contribution in [0.5, 0.6) is 0 Å². The van der Waals surface area contributed by atoms with Crippen LogP contribution in [0.15, 0.2) is 0 Å². The van der Waals surface area contributed by atoms with Crippen LogP contribution in [0.2, 0.25) is 0 Å². The number of piperazine rings is 1. The van der Waals surface area contributed by atoms with Gasteiger partial charge in [0.05, 0.1) is 0 Å². The number of halogens is 1. The summed E-state index contributed by atoms with van der Waals surface area (Å²) in [7, 11) is 0. The molecule has 90 valence electrons. The quantitative estimate of drug-likeness (QED) is 0.638. The van der Waals surface area contributed by atoms with Crippen LogP contribution >= 0.6 is 12.4 Å². The van der Waals surface area contributed by atoms with Gasteiger partial charge in [-0.25, -0.2) is 0 Å². The van der Waals surface area contributed by atoms with E-state index in [1.165, 1.54) is 0 Å². The molecule has 0 radical (unpaired) electrons. The van der Waals surface area contributed by atoms with Crippen molar-refractivity contribution in [1.82, 2.24) is 16.0 Å². The van der Waals surface area contributed by atoms with Gasteiger partial charge in [-0.3, -0.25) is 4.79 Å². The van der Waals surface area contributed by atoms with E-state index in [4.69, 9.17) is 0 Å². The average molecular weight is 236 g/mol. The minimum atomic E-state index is -0.290. The standard InChI is InChI=1S/C10H21N3O.ClH/c1-10(2,3)9(14)13-7-8-6-11-4-5-12-8;/h8,11-12H,4-7H2,1-3H3,(H,13,14);1H. The lowest BCUT2D eigenvalue weighted by Gasteiger charge is -2.26. The Morgan fingerprint density at radius 1 is 1.40 bits per heavy atom. The van der Waals surface area contributed by atoms with Crippen LogP contribution in [-0.4, -0.2) is 38.1 Å². The number of rotatable bonds is 2. The Morgan fingerprint density at radius 3 is 2.53 bits per heavy atom. The van der Waals surface area contributed by atoms with Gasteiger partial charge < -0.3 is 16.0 Å². The van der Waals surface area contributed by atoms with Crippen molar-refractivity contribution >= 4 is 18.3 Å². The molecule has 0 spiro atoms. The van der Waals surface area contributed by atoms with Gasteiger partial charge in [0.25, 0.3) is 0 Å². The van der Waals surface area contributed by atoms with Crippen LogP contribution in [0.25, 0.3) is 0 Å². The third-order valence-electron chi connectivity index (χ3n) is 2.32. The summed E-state index contributed by atoms with van der Waals surface area (Å²) >= 11 is 0. The van der Waals surface area contributed by atoms with Gasteiger partial charge in [0.2, 0.25) is 5.91 Å². The average Bonchev–Trinajstić information content (AvgIpc) is 2.14. The molecule has 0 aromatic carbocycles. The Hall–Kier alpha value is -0.320. The predicted molar refractivity (Wildman–Crippen MR) is 64.4 cm³/mol. The second kappa shape index (κ2) is 6.30. The molecule has 0 aromatic heterocycles. The summed E-state index contributed by atoms with van der Waals surface area (Å²) in [6.45, 7) is 9.42. The molecule has 1 unspecified atom stereocenters. The van der Waals surface area contributed by atoms with Crippen LogP contribution in [-0.2, 0) is 4.79 Å². The van der Waals surface area contributed by atoms with Crippen molar-refractivity contribution in [3.05, 3.63) is 0 Å². The molecule has 1 fully saturated rings. The first-order valence-corrected chi connectivity index (χ1v) is 5.22. The van der Waals surface area contributed by atoms with Gasteiger partial charge in [-0.2, -0.15) is 0 Å². The summed E-state index contributed by atoms with van der Waals surface area (Å²) in [5.74, 6) is 0.116. The number of nitrogens with one attached hydrogen (secondary N) is 3. The lowest BCUT2D eigenvalue weighted by Crippen LogP contribution is -2.54.